The Morgan fingerprint density at radius 2 is 1.64 bits per heavy atom. The normalized spacial score (nSPS) is 15.4. The van der Waals surface area contributed by atoms with E-state index in [2.05, 4.69) is 41.4 Å². The molecule has 0 bridgehead atoms. The highest BCUT2D eigenvalue weighted by molar-refractivity contribution is 5.97. The van der Waals surface area contributed by atoms with E-state index >= 15 is 0 Å². The molecule has 28 heavy (non-hydrogen) atoms. The summed E-state index contributed by atoms with van der Waals surface area (Å²) in [5, 5.41) is 3.07. The lowest BCUT2D eigenvalue weighted by atomic mass is 10.00. The summed E-state index contributed by atoms with van der Waals surface area (Å²) in [6.45, 7) is 6.84. The average Bonchev–Trinajstić information content (AvgIpc) is 3.22. The monoisotopic (exact) mass is 378 g/mol. The molecule has 0 spiro atoms. The second-order valence-corrected chi connectivity index (χ2v) is 7.71. The minimum atomic E-state index is -0.0572. The predicted molar refractivity (Wildman–Crippen MR) is 112 cm³/mol. The molecule has 1 atom stereocenters. The molecule has 1 unspecified atom stereocenters. The van der Waals surface area contributed by atoms with E-state index in [4.69, 9.17) is 0 Å². The predicted octanol–water partition coefficient (Wildman–Crippen LogP) is 4.22. The van der Waals surface area contributed by atoms with Gasteiger partial charge < -0.3 is 5.32 Å². The zero-order chi connectivity index (χ0) is 19.9. The number of ketones is 1. The SMILES string of the molecule is Cc1ccc(C(=O)CCC(=O)NCC(c2ccccc2C)N2CCCC2)cc1. The first-order valence-corrected chi connectivity index (χ1v) is 10.2. The number of carbonyl (C=O) groups is 2. The number of hydrogen-bond acceptors (Lipinski definition) is 3. The van der Waals surface area contributed by atoms with Gasteiger partial charge in [0.25, 0.3) is 0 Å². The van der Waals surface area contributed by atoms with Gasteiger partial charge in [-0.05, 0) is 50.9 Å². The summed E-state index contributed by atoms with van der Waals surface area (Å²) in [7, 11) is 0. The molecule has 1 fully saturated rings. The van der Waals surface area contributed by atoms with Crippen LogP contribution in [0.1, 0.15) is 58.8 Å². The molecule has 0 aromatic heterocycles. The molecule has 2 aromatic carbocycles. The van der Waals surface area contributed by atoms with Crippen molar-refractivity contribution in [3.8, 4) is 0 Å². The fourth-order valence-corrected chi connectivity index (χ4v) is 3.86. The van der Waals surface area contributed by atoms with Gasteiger partial charge in [-0.15, -0.1) is 0 Å². The van der Waals surface area contributed by atoms with E-state index in [9.17, 15) is 9.59 Å². The van der Waals surface area contributed by atoms with Crippen LogP contribution in [0.4, 0.5) is 0 Å². The third-order valence-electron chi connectivity index (χ3n) is 5.57. The number of nitrogens with one attached hydrogen (secondary N) is 1. The van der Waals surface area contributed by atoms with Crippen LogP contribution < -0.4 is 5.32 Å². The molecule has 1 heterocycles. The summed E-state index contributed by atoms with van der Waals surface area (Å²) < 4.78 is 0. The zero-order valence-corrected chi connectivity index (χ0v) is 16.9. The lowest BCUT2D eigenvalue weighted by Gasteiger charge is -2.29. The fourth-order valence-electron chi connectivity index (χ4n) is 3.86. The van der Waals surface area contributed by atoms with Crippen LogP contribution >= 0.6 is 0 Å². The number of Topliss-reactive ketones (excluding diaryl/α,β-unsaturated/α-hetero) is 1. The van der Waals surface area contributed by atoms with Crippen LogP contribution in [-0.2, 0) is 4.79 Å². The number of amides is 1. The van der Waals surface area contributed by atoms with Gasteiger partial charge in [-0.1, -0.05) is 54.1 Å². The molecule has 0 radical (unpaired) electrons. The third kappa shape index (κ3) is 5.29. The van der Waals surface area contributed by atoms with Gasteiger partial charge in [0.05, 0.1) is 6.04 Å². The smallest absolute Gasteiger partial charge is 0.220 e. The summed E-state index contributed by atoms with van der Waals surface area (Å²) >= 11 is 0. The maximum absolute atomic E-state index is 12.4. The number of likely N-dealkylation sites (tertiary alicyclic amines) is 1. The van der Waals surface area contributed by atoms with Crippen LogP contribution in [0.5, 0.6) is 0 Å². The maximum atomic E-state index is 12.4. The Balaban J connectivity index is 1.55. The highest BCUT2D eigenvalue weighted by atomic mass is 16.2. The second-order valence-electron chi connectivity index (χ2n) is 7.71. The van der Waals surface area contributed by atoms with Gasteiger partial charge in [0.2, 0.25) is 5.91 Å². The molecule has 1 saturated heterocycles. The Kier molecular flexibility index (Phi) is 6.99. The number of rotatable bonds is 8. The van der Waals surface area contributed by atoms with Crippen molar-refractivity contribution in [3.63, 3.8) is 0 Å². The largest absolute Gasteiger partial charge is 0.354 e. The topological polar surface area (TPSA) is 49.4 Å². The van der Waals surface area contributed by atoms with Gasteiger partial charge in [0.15, 0.2) is 5.78 Å². The highest BCUT2D eigenvalue weighted by Crippen LogP contribution is 2.26. The first kappa shape index (κ1) is 20.3. The van der Waals surface area contributed by atoms with Crippen LogP contribution in [0.3, 0.4) is 0 Å². The summed E-state index contributed by atoms with van der Waals surface area (Å²) in [5.74, 6) is -0.0385. The van der Waals surface area contributed by atoms with E-state index in [1.807, 2.05) is 31.2 Å². The lowest BCUT2D eigenvalue weighted by Crippen LogP contribution is -2.37. The van der Waals surface area contributed by atoms with Gasteiger partial charge in [-0.3, -0.25) is 14.5 Å². The second kappa shape index (κ2) is 9.65. The Morgan fingerprint density at radius 1 is 0.964 bits per heavy atom. The van der Waals surface area contributed by atoms with Crippen molar-refractivity contribution < 1.29 is 9.59 Å². The summed E-state index contributed by atoms with van der Waals surface area (Å²) in [5.41, 5.74) is 4.33. The third-order valence-corrected chi connectivity index (χ3v) is 5.57. The molecule has 0 saturated carbocycles. The summed E-state index contributed by atoms with van der Waals surface area (Å²) in [6.07, 6.45) is 2.89. The summed E-state index contributed by atoms with van der Waals surface area (Å²) in [6, 6.07) is 16.1. The molecule has 2 aromatic rings. The molecule has 4 nitrogen and oxygen atoms in total. The minimum Gasteiger partial charge on any atom is -0.354 e. The number of hydrogen-bond donors (Lipinski definition) is 1. The Hall–Kier alpha value is -2.46. The molecule has 148 valence electrons. The van der Waals surface area contributed by atoms with Crippen LogP contribution in [-0.4, -0.2) is 36.2 Å². The molecule has 0 aliphatic carbocycles. The molecule has 1 N–H and O–H groups in total. The van der Waals surface area contributed by atoms with Crippen molar-refractivity contribution in [1.82, 2.24) is 10.2 Å². The van der Waals surface area contributed by atoms with E-state index < -0.39 is 0 Å². The Labute approximate surface area is 167 Å². The standard InChI is InChI=1S/C24H30N2O2/c1-18-9-11-20(12-10-18)23(27)13-14-24(28)25-17-22(26-15-5-6-16-26)21-8-4-3-7-19(21)2/h3-4,7-12,22H,5-6,13-17H2,1-2H3,(H,25,28). The van der Waals surface area contributed by atoms with E-state index in [1.165, 1.54) is 24.0 Å². The van der Waals surface area contributed by atoms with E-state index in [-0.39, 0.29) is 30.6 Å². The van der Waals surface area contributed by atoms with Crippen molar-refractivity contribution in [1.29, 1.82) is 0 Å². The Morgan fingerprint density at radius 3 is 2.32 bits per heavy atom. The van der Waals surface area contributed by atoms with Crippen LogP contribution in [0.2, 0.25) is 0 Å². The highest BCUT2D eigenvalue weighted by Gasteiger charge is 2.25. The molecule has 1 amide bonds. The van der Waals surface area contributed by atoms with Crippen LogP contribution in [0.25, 0.3) is 0 Å². The molecule has 4 heteroatoms. The van der Waals surface area contributed by atoms with Crippen LogP contribution in [0, 0.1) is 13.8 Å². The van der Waals surface area contributed by atoms with Crippen molar-refractivity contribution in [2.45, 2.75) is 45.6 Å². The van der Waals surface area contributed by atoms with Gasteiger partial charge in [0.1, 0.15) is 0 Å². The van der Waals surface area contributed by atoms with Crippen molar-refractivity contribution in [2.75, 3.05) is 19.6 Å². The minimum absolute atomic E-state index is 0.0187. The Bertz CT molecular complexity index is 808. The van der Waals surface area contributed by atoms with Gasteiger partial charge >= 0.3 is 0 Å². The van der Waals surface area contributed by atoms with Crippen molar-refractivity contribution in [3.05, 3.63) is 70.8 Å². The van der Waals surface area contributed by atoms with Crippen molar-refractivity contribution in [2.24, 2.45) is 0 Å². The quantitative estimate of drug-likeness (QED) is 0.700. The zero-order valence-electron chi connectivity index (χ0n) is 16.9. The first-order valence-electron chi connectivity index (χ1n) is 10.2. The number of aryl methyl sites for hydroxylation is 2. The molecule has 1 aliphatic heterocycles. The van der Waals surface area contributed by atoms with Crippen molar-refractivity contribution >= 4 is 11.7 Å². The van der Waals surface area contributed by atoms with E-state index in [0.29, 0.717) is 12.1 Å². The van der Waals surface area contributed by atoms with Gasteiger partial charge in [0, 0.05) is 24.9 Å². The summed E-state index contributed by atoms with van der Waals surface area (Å²) in [4.78, 5) is 27.1. The van der Waals surface area contributed by atoms with Gasteiger partial charge in [-0.2, -0.15) is 0 Å². The van der Waals surface area contributed by atoms with E-state index in [0.717, 1.165) is 18.7 Å². The molecular weight excluding hydrogens is 348 g/mol. The fraction of sp³-hybridized carbons (Fsp3) is 0.417. The van der Waals surface area contributed by atoms with Gasteiger partial charge in [-0.25, -0.2) is 0 Å². The number of benzene rings is 2. The maximum Gasteiger partial charge on any atom is 0.220 e. The lowest BCUT2D eigenvalue weighted by molar-refractivity contribution is -0.121. The average molecular weight is 379 g/mol. The number of nitrogens with zero attached hydrogens (tertiary/aromatic N) is 1. The van der Waals surface area contributed by atoms with Crippen LogP contribution in [0.15, 0.2) is 48.5 Å². The number of carbonyl (C=O) groups excluding carboxylic acids is 2. The first-order chi connectivity index (χ1) is 13.5. The molecular formula is C24H30N2O2. The van der Waals surface area contributed by atoms with E-state index in [1.54, 1.807) is 0 Å². The molecule has 3 rings (SSSR count). The molecule has 1 aliphatic rings.